The Morgan fingerprint density at radius 3 is 2.31 bits per heavy atom. The molecule has 7 N–H and O–H groups in total. The van der Waals surface area contributed by atoms with Gasteiger partial charge in [-0.3, -0.25) is 9.59 Å². The van der Waals surface area contributed by atoms with Crippen molar-refractivity contribution in [1.82, 2.24) is 5.32 Å². The third kappa shape index (κ3) is 5.58. The summed E-state index contributed by atoms with van der Waals surface area (Å²) < 4.78 is 9.86. The molecule has 1 aliphatic heterocycles. The Balaban J connectivity index is 2.46. The standard InChI is InChI=1S/C15H27NO10/c1-15(2,6-18)12(23)13(24)16-4-3-8(19)26-14-11(22)10(21)9(20)7(5-17)25-14/h7,9-12,14,17-18,20-23H,3-6H2,1-2H3,(H,16,24)/t7-,9-,10+,11-,12?,14?/m1/s1. The minimum Gasteiger partial charge on any atom is -0.433 e. The van der Waals surface area contributed by atoms with E-state index >= 15 is 0 Å². The molecule has 6 atom stereocenters. The second-order valence-electron chi connectivity index (χ2n) is 6.78. The first-order valence-corrected chi connectivity index (χ1v) is 8.11. The van der Waals surface area contributed by atoms with Crippen molar-refractivity contribution in [2.75, 3.05) is 19.8 Å². The number of hydrogen-bond acceptors (Lipinski definition) is 10. The minimum absolute atomic E-state index is 0.187. The van der Waals surface area contributed by atoms with Crippen molar-refractivity contribution < 1.29 is 49.7 Å². The van der Waals surface area contributed by atoms with Gasteiger partial charge in [-0.05, 0) is 0 Å². The van der Waals surface area contributed by atoms with Crippen LogP contribution in [0.15, 0.2) is 0 Å². The molecule has 0 aromatic rings. The summed E-state index contributed by atoms with van der Waals surface area (Å²) in [5.41, 5.74) is -1.05. The van der Waals surface area contributed by atoms with E-state index in [2.05, 4.69) is 5.32 Å². The van der Waals surface area contributed by atoms with Crippen molar-refractivity contribution in [3.8, 4) is 0 Å². The predicted octanol–water partition coefficient (Wildman–Crippen LogP) is -3.78. The number of carbonyl (C=O) groups is 2. The smallest absolute Gasteiger partial charge is 0.309 e. The molecule has 0 radical (unpaired) electrons. The van der Waals surface area contributed by atoms with Crippen LogP contribution in [0.3, 0.4) is 0 Å². The average molecular weight is 381 g/mol. The second kappa shape index (κ2) is 9.55. The van der Waals surface area contributed by atoms with Crippen LogP contribution in [0.4, 0.5) is 0 Å². The average Bonchev–Trinajstić information content (AvgIpc) is 2.61. The molecule has 1 aliphatic rings. The summed E-state index contributed by atoms with van der Waals surface area (Å²) >= 11 is 0. The second-order valence-corrected chi connectivity index (χ2v) is 6.78. The lowest BCUT2D eigenvalue weighted by Gasteiger charge is -2.39. The van der Waals surface area contributed by atoms with Gasteiger partial charge in [0.05, 0.1) is 19.6 Å². The summed E-state index contributed by atoms with van der Waals surface area (Å²) in [6.07, 6.45) is -9.55. The van der Waals surface area contributed by atoms with Crippen molar-refractivity contribution in [2.45, 2.75) is 57.1 Å². The zero-order chi connectivity index (χ0) is 20.1. The van der Waals surface area contributed by atoms with Crippen LogP contribution in [0.5, 0.6) is 0 Å². The molecule has 1 rings (SSSR count). The van der Waals surface area contributed by atoms with Gasteiger partial charge in [-0.25, -0.2) is 0 Å². The number of aliphatic hydroxyl groups is 6. The molecule has 0 aliphatic carbocycles. The summed E-state index contributed by atoms with van der Waals surface area (Å²) in [6, 6.07) is 0. The molecular formula is C15H27NO10. The van der Waals surface area contributed by atoms with E-state index in [9.17, 15) is 30.0 Å². The highest BCUT2D eigenvalue weighted by molar-refractivity contribution is 5.81. The Hall–Kier alpha value is -1.34. The van der Waals surface area contributed by atoms with Gasteiger partial charge in [-0.15, -0.1) is 0 Å². The highest BCUT2D eigenvalue weighted by atomic mass is 16.7. The first kappa shape index (κ1) is 22.7. The van der Waals surface area contributed by atoms with E-state index in [1.54, 1.807) is 0 Å². The lowest BCUT2D eigenvalue weighted by atomic mass is 9.87. The first-order chi connectivity index (χ1) is 12.0. The van der Waals surface area contributed by atoms with E-state index in [0.29, 0.717) is 0 Å². The predicted molar refractivity (Wildman–Crippen MR) is 84.4 cm³/mol. The Bertz CT molecular complexity index is 483. The van der Waals surface area contributed by atoms with Crippen molar-refractivity contribution in [2.24, 2.45) is 5.41 Å². The Morgan fingerprint density at radius 1 is 1.15 bits per heavy atom. The van der Waals surface area contributed by atoms with Crippen LogP contribution in [-0.4, -0.2) is 99.1 Å². The highest BCUT2D eigenvalue weighted by Crippen LogP contribution is 2.22. The van der Waals surface area contributed by atoms with Crippen LogP contribution in [-0.2, 0) is 19.1 Å². The van der Waals surface area contributed by atoms with Crippen LogP contribution in [0.25, 0.3) is 0 Å². The molecule has 0 spiro atoms. The Kier molecular flexibility index (Phi) is 8.34. The zero-order valence-corrected chi connectivity index (χ0v) is 14.6. The molecule has 1 heterocycles. The molecule has 0 bridgehead atoms. The number of amides is 1. The molecule has 0 aromatic heterocycles. The van der Waals surface area contributed by atoms with Crippen molar-refractivity contribution in [1.29, 1.82) is 0 Å². The van der Waals surface area contributed by atoms with Crippen LogP contribution in [0.2, 0.25) is 0 Å². The first-order valence-electron chi connectivity index (χ1n) is 8.11. The van der Waals surface area contributed by atoms with Gasteiger partial charge < -0.3 is 45.4 Å². The molecule has 2 unspecified atom stereocenters. The zero-order valence-electron chi connectivity index (χ0n) is 14.6. The molecule has 0 aromatic carbocycles. The van der Waals surface area contributed by atoms with Crippen LogP contribution >= 0.6 is 0 Å². The van der Waals surface area contributed by atoms with Crippen LogP contribution < -0.4 is 5.32 Å². The number of carbonyl (C=O) groups excluding carboxylic acids is 2. The number of nitrogens with one attached hydrogen (secondary N) is 1. The molecule has 0 saturated carbocycles. The van der Waals surface area contributed by atoms with E-state index in [-0.39, 0.29) is 13.0 Å². The van der Waals surface area contributed by atoms with Gasteiger partial charge in [0, 0.05) is 12.0 Å². The van der Waals surface area contributed by atoms with E-state index in [1.807, 2.05) is 0 Å². The van der Waals surface area contributed by atoms with Gasteiger partial charge >= 0.3 is 5.97 Å². The maximum Gasteiger partial charge on any atom is 0.309 e. The van der Waals surface area contributed by atoms with Gasteiger partial charge in [0.15, 0.2) is 0 Å². The fourth-order valence-corrected chi connectivity index (χ4v) is 2.18. The third-order valence-electron chi connectivity index (χ3n) is 4.12. The molecule has 11 heteroatoms. The van der Waals surface area contributed by atoms with Crippen LogP contribution in [0, 0.1) is 5.41 Å². The van der Waals surface area contributed by atoms with Gasteiger partial charge in [0.1, 0.15) is 30.5 Å². The summed E-state index contributed by atoms with van der Waals surface area (Å²) in [7, 11) is 0. The normalized spacial score (nSPS) is 30.5. The third-order valence-corrected chi connectivity index (χ3v) is 4.12. The maximum atomic E-state index is 11.8. The summed E-state index contributed by atoms with van der Waals surface area (Å²) in [5, 5.41) is 59.2. The molecule has 1 fully saturated rings. The van der Waals surface area contributed by atoms with Gasteiger partial charge in [0.25, 0.3) is 0 Å². The summed E-state index contributed by atoms with van der Waals surface area (Å²) in [6.45, 7) is 1.72. The van der Waals surface area contributed by atoms with Gasteiger partial charge in [-0.2, -0.15) is 0 Å². The van der Waals surface area contributed by atoms with E-state index in [0.717, 1.165) is 0 Å². The number of rotatable bonds is 8. The van der Waals surface area contributed by atoms with E-state index in [4.69, 9.17) is 19.7 Å². The van der Waals surface area contributed by atoms with Gasteiger partial charge in [-0.1, -0.05) is 13.8 Å². The topological polar surface area (TPSA) is 186 Å². The molecular weight excluding hydrogens is 354 g/mol. The Morgan fingerprint density at radius 2 is 1.77 bits per heavy atom. The number of aliphatic hydroxyl groups excluding tert-OH is 6. The lowest BCUT2D eigenvalue weighted by molar-refractivity contribution is -0.292. The van der Waals surface area contributed by atoms with Crippen molar-refractivity contribution >= 4 is 11.9 Å². The summed E-state index contributed by atoms with van der Waals surface area (Å²) in [4.78, 5) is 23.5. The van der Waals surface area contributed by atoms with Crippen molar-refractivity contribution in [3.63, 3.8) is 0 Å². The molecule has 1 saturated heterocycles. The Labute approximate surface area is 150 Å². The SMILES string of the molecule is CC(C)(CO)C(O)C(=O)NCCC(=O)OC1O[C@H](CO)[C@@H](O)[C@H](O)[C@H]1O. The minimum atomic E-state index is -1.71. The molecule has 26 heavy (non-hydrogen) atoms. The molecule has 152 valence electrons. The number of hydrogen-bond donors (Lipinski definition) is 7. The molecule has 11 nitrogen and oxygen atoms in total. The quantitative estimate of drug-likeness (QED) is 0.206. The van der Waals surface area contributed by atoms with E-state index < -0.39 is 67.3 Å². The number of esters is 1. The fourth-order valence-electron chi connectivity index (χ4n) is 2.18. The summed E-state index contributed by atoms with van der Waals surface area (Å²) in [5.74, 6) is -1.66. The van der Waals surface area contributed by atoms with E-state index in [1.165, 1.54) is 13.8 Å². The maximum absolute atomic E-state index is 11.8. The lowest BCUT2D eigenvalue weighted by Crippen LogP contribution is -2.59. The highest BCUT2D eigenvalue weighted by Gasteiger charge is 2.45. The van der Waals surface area contributed by atoms with Gasteiger partial charge in [0.2, 0.25) is 12.2 Å². The van der Waals surface area contributed by atoms with Crippen LogP contribution in [0.1, 0.15) is 20.3 Å². The monoisotopic (exact) mass is 381 g/mol. The molecule has 1 amide bonds. The fraction of sp³-hybridized carbons (Fsp3) is 0.867. The number of ether oxygens (including phenoxy) is 2. The van der Waals surface area contributed by atoms with Crippen molar-refractivity contribution in [3.05, 3.63) is 0 Å². The largest absolute Gasteiger partial charge is 0.433 e.